The van der Waals surface area contributed by atoms with Gasteiger partial charge in [0.1, 0.15) is 5.69 Å². The van der Waals surface area contributed by atoms with E-state index >= 15 is 0 Å². The fraction of sp³-hybridized carbons (Fsp3) is 0.353. The fourth-order valence-electron chi connectivity index (χ4n) is 2.79. The summed E-state index contributed by atoms with van der Waals surface area (Å²) in [7, 11) is 0. The van der Waals surface area contributed by atoms with E-state index < -0.39 is 0 Å². The van der Waals surface area contributed by atoms with Crippen LogP contribution >= 0.6 is 11.3 Å². The Hall–Kier alpha value is -2.05. The van der Waals surface area contributed by atoms with Crippen LogP contribution in [0.1, 0.15) is 28.7 Å². The number of hydrogen-bond donors (Lipinski definition) is 0. The number of hydrogen-bond acceptors (Lipinski definition) is 5. The van der Waals surface area contributed by atoms with Crippen molar-refractivity contribution in [3.05, 3.63) is 52.1 Å². The summed E-state index contributed by atoms with van der Waals surface area (Å²) in [6, 6.07) is 10.3. The molecule has 0 bridgehead atoms. The predicted octanol–water partition coefficient (Wildman–Crippen LogP) is 3.26. The van der Waals surface area contributed by atoms with Crippen molar-refractivity contribution >= 4 is 11.3 Å². The van der Waals surface area contributed by atoms with E-state index in [1.54, 1.807) is 11.3 Å². The van der Waals surface area contributed by atoms with E-state index in [0.29, 0.717) is 19.1 Å². The monoisotopic (exact) mass is 326 g/mol. The van der Waals surface area contributed by atoms with Crippen molar-refractivity contribution in [1.29, 1.82) is 0 Å². The molecule has 0 saturated carbocycles. The van der Waals surface area contributed by atoms with Crippen LogP contribution in [0.5, 0.6) is 0 Å². The number of benzene rings is 1. The molecule has 4 rings (SSSR count). The molecule has 6 heteroatoms. The van der Waals surface area contributed by atoms with Gasteiger partial charge in [-0.05, 0) is 18.9 Å². The zero-order valence-electron chi connectivity index (χ0n) is 13.0. The lowest BCUT2D eigenvalue weighted by atomic mass is 10.1. The maximum atomic E-state index is 5.49. The highest BCUT2D eigenvalue weighted by Crippen LogP contribution is 2.27. The number of nitrogens with zero attached hydrogens (tertiary/aromatic N) is 4. The molecule has 2 aromatic heterocycles. The molecule has 3 heterocycles. The molecular formula is C17H18N4OS. The average Bonchev–Trinajstić information content (AvgIpc) is 3.28. The van der Waals surface area contributed by atoms with E-state index in [1.165, 1.54) is 5.56 Å². The topological polar surface area (TPSA) is 52.8 Å². The molecule has 5 nitrogen and oxygen atoms in total. The predicted molar refractivity (Wildman–Crippen MR) is 89.6 cm³/mol. The molecule has 1 aliphatic rings. The second-order valence-corrected chi connectivity index (χ2v) is 6.81. The molecule has 1 aliphatic heterocycles. The first-order valence-electron chi connectivity index (χ1n) is 7.78. The van der Waals surface area contributed by atoms with E-state index in [-0.39, 0.29) is 0 Å². The van der Waals surface area contributed by atoms with Crippen LogP contribution in [0.4, 0.5) is 0 Å². The van der Waals surface area contributed by atoms with Crippen LogP contribution in [0.15, 0.2) is 35.7 Å². The molecule has 1 saturated heterocycles. The van der Waals surface area contributed by atoms with Gasteiger partial charge < -0.3 is 4.74 Å². The SMILES string of the molecule is Cc1nc(-c2nc(C3CCOC3)nn2Cc2ccccc2)cs1. The highest BCUT2D eigenvalue weighted by molar-refractivity contribution is 7.09. The molecule has 0 spiro atoms. The van der Waals surface area contributed by atoms with Crippen LogP contribution in [-0.2, 0) is 11.3 Å². The van der Waals surface area contributed by atoms with Gasteiger partial charge in [0.15, 0.2) is 11.6 Å². The average molecular weight is 326 g/mol. The van der Waals surface area contributed by atoms with Gasteiger partial charge in [0.05, 0.1) is 18.2 Å². The first-order valence-corrected chi connectivity index (χ1v) is 8.66. The molecule has 0 radical (unpaired) electrons. The molecule has 1 fully saturated rings. The Kier molecular flexibility index (Phi) is 3.93. The van der Waals surface area contributed by atoms with Crippen LogP contribution < -0.4 is 0 Å². The highest BCUT2D eigenvalue weighted by atomic mass is 32.1. The number of aromatic nitrogens is 4. The Morgan fingerprint density at radius 2 is 2.13 bits per heavy atom. The van der Waals surface area contributed by atoms with E-state index in [1.807, 2.05) is 29.8 Å². The molecule has 23 heavy (non-hydrogen) atoms. The van der Waals surface area contributed by atoms with Crippen molar-refractivity contribution in [1.82, 2.24) is 19.7 Å². The standard InChI is InChI=1S/C17H18N4OS/c1-12-18-15(11-23-12)17-19-16(14-7-8-22-10-14)20-21(17)9-13-5-3-2-4-6-13/h2-6,11,14H,7-10H2,1H3. The molecule has 118 valence electrons. The van der Waals surface area contributed by atoms with Gasteiger partial charge in [-0.2, -0.15) is 5.10 Å². The summed E-state index contributed by atoms with van der Waals surface area (Å²) in [5, 5.41) is 7.86. The van der Waals surface area contributed by atoms with E-state index in [2.05, 4.69) is 22.5 Å². The first kappa shape index (κ1) is 14.5. The van der Waals surface area contributed by atoms with Gasteiger partial charge in [-0.25, -0.2) is 14.6 Å². The zero-order chi connectivity index (χ0) is 15.6. The van der Waals surface area contributed by atoms with Gasteiger partial charge in [0, 0.05) is 17.9 Å². The van der Waals surface area contributed by atoms with E-state index in [9.17, 15) is 0 Å². The second-order valence-electron chi connectivity index (χ2n) is 5.75. The molecule has 0 aliphatic carbocycles. The van der Waals surface area contributed by atoms with Crippen LogP contribution in [0.2, 0.25) is 0 Å². The third-order valence-corrected chi connectivity index (χ3v) is 4.78. The lowest BCUT2D eigenvalue weighted by Gasteiger charge is -2.04. The molecule has 3 aromatic rings. The third kappa shape index (κ3) is 3.04. The number of rotatable bonds is 4. The highest BCUT2D eigenvalue weighted by Gasteiger charge is 2.24. The van der Waals surface area contributed by atoms with Crippen LogP contribution in [-0.4, -0.2) is 33.0 Å². The number of thiazole rings is 1. The Morgan fingerprint density at radius 3 is 2.83 bits per heavy atom. The molecule has 0 amide bonds. The molecule has 1 atom stereocenters. The molecule has 0 N–H and O–H groups in total. The summed E-state index contributed by atoms with van der Waals surface area (Å²) in [6.45, 7) is 4.22. The lowest BCUT2D eigenvalue weighted by molar-refractivity contribution is 0.193. The van der Waals surface area contributed by atoms with Crippen molar-refractivity contribution in [2.45, 2.75) is 25.8 Å². The van der Waals surface area contributed by atoms with Crippen molar-refractivity contribution < 1.29 is 4.74 Å². The van der Waals surface area contributed by atoms with Crippen molar-refractivity contribution in [2.75, 3.05) is 13.2 Å². The summed E-state index contributed by atoms with van der Waals surface area (Å²) in [5.41, 5.74) is 2.11. The zero-order valence-corrected chi connectivity index (χ0v) is 13.8. The van der Waals surface area contributed by atoms with E-state index in [0.717, 1.165) is 35.4 Å². The van der Waals surface area contributed by atoms with Gasteiger partial charge in [-0.3, -0.25) is 0 Å². The van der Waals surface area contributed by atoms with E-state index in [4.69, 9.17) is 14.8 Å². The minimum absolute atomic E-state index is 0.297. The normalized spacial score (nSPS) is 17.7. The van der Waals surface area contributed by atoms with Gasteiger partial charge >= 0.3 is 0 Å². The maximum Gasteiger partial charge on any atom is 0.178 e. The Bertz CT molecular complexity index is 790. The number of ether oxygens (including phenoxy) is 1. The fourth-order valence-corrected chi connectivity index (χ4v) is 3.38. The Labute approximate surface area is 139 Å². The van der Waals surface area contributed by atoms with Gasteiger partial charge in [0.25, 0.3) is 0 Å². The summed E-state index contributed by atoms with van der Waals surface area (Å²) >= 11 is 1.64. The van der Waals surface area contributed by atoms with Crippen molar-refractivity contribution in [2.24, 2.45) is 0 Å². The quantitative estimate of drug-likeness (QED) is 0.738. The summed E-state index contributed by atoms with van der Waals surface area (Å²) in [4.78, 5) is 9.38. The minimum atomic E-state index is 0.297. The third-order valence-electron chi connectivity index (χ3n) is 4.01. The van der Waals surface area contributed by atoms with Crippen LogP contribution in [0.3, 0.4) is 0 Å². The minimum Gasteiger partial charge on any atom is -0.381 e. The summed E-state index contributed by atoms with van der Waals surface area (Å²) < 4.78 is 7.46. The largest absolute Gasteiger partial charge is 0.381 e. The second kappa shape index (κ2) is 6.22. The van der Waals surface area contributed by atoms with Crippen molar-refractivity contribution in [3.8, 4) is 11.5 Å². The molecule has 1 aromatic carbocycles. The molecule has 1 unspecified atom stereocenters. The first-order chi connectivity index (χ1) is 11.3. The maximum absolute atomic E-state index is 5.49. The van der Waals surface area contributed by atoms with Gasteiger partial charge in [-0.15, -0.1) is 11.3 Å². The summed E-state index contributed by atoms with van der Waals surface area (Å²) in [5.74, 6) is 2.02. The molecular weight excluding hydrogens is 308 g/mol. The number of aryl methyl sites for hydroxylation is 1. The van der Waals surface area contributed by atoms with Gasteiger partial charge in [-0.1, -0.05) is 30.3 Å². The van der Waals surface area contributed by atoms with Crippen LogP contribution in [0.25, 0.3) is 11.5 Å². The smallest absolute Gasteiger partial charge is 0.178 e. The van der Waals surface area contributed by atoms with Crippen LogP contribution in [0, 0.1) is 6.92 Å². The Morgan fingerprint density at radius 1 is 1.26 bits per heavy atom. The summed E-state index contributed by atoms with van der Waals surface area (Å²) in [6.07, 6.45) is 0.991. The Balaban J connectivity index is 1.72. The van der Waals surface area contributed by atoms with Gasteiger partial charge in [0.2, 0.25) is 0 Å². The van der Waals surface area contributed by atoms with Crippen molar-refractivity contribution in [3.63, 3.8) is 0 Å². The lowest BCUT2D eigenvalue weighted by Crippen LogP contribution is -2.06.